The number of hydrogen-bond acceptors (Lipinski definition) is 3. The Kier molecular flexibility index (Phi) is 6.51. The van der Waals surface area contributed by atoms with Crippen LogP contribution >= 0.6 is 0 Å². The summed E-state index contributed by atoms with van der Waals surface area (Å²) >= 11 is 0. The minimum absolute atomic E-state index is 0.295. The van der Waals surface area contributed by atoms with Crippen LogP contribution in [0.1, 0.15) is 53.9 Å². The molecule has 2 N–H and O–H groups in total. The van der Waals surface area contributed by atoms with Gasteiger partial charge in [-0.3, -0.25) is 4.98 Å². The van der Waals surface area contributed by atoms with Crippen LogP contribution in [0, 0.1) is 12.7 Å². The van der Waals surface area contributed by atoms with E-state index in [4.69, 9.17) is 10.7 Å². The summed E-state index contributed by atoms with van der Waals surface area (Å²) in [6.07, 6.45) is 4.98. The molecule has 1 fully saturated rings. The summed E-state index contributed by atoms with van der Waals surface area (Å²) in [5.41, 5.74) is 9.55. The molecule has 3 aromatic rings. The average Bonchev–Trinajstić information content (AvgIpc) is 3.67. The Hall–Kier alpha value is -3.54. The van der Waals surface area contributed by atoms with E-state index in [2.05, 4.69) is 17.1 Å². The first-order valence-electron chi connectivity index (χ1n) is 11.5. The molecular formula is C28H31FN4O. The quantitative estimate of drug-likeness (QED) is 0.302. The second-order valence-electron chi connectivity index (χ2n) is 9.43. The molecule has 2 aromatic carbocycles. The van der Waals surface area contributed by atoms with Gasteiger partial charge in [0.15, 0.2) is 5.96 Å². The molecule has 4 rings (SSSR count). The first kappa shape index (κ1) is 23.6. The number of guanidine groups is 1. The van der Waals surface area contributed by atoms with Crippen LogP contribution in [-0.4, -0.2) is 36.2 Å². The van der Waals surface area contributed by atoms with E-state index in [9.17, 15) is 9.18 Å². The molecule has 0 spiro atoms. The van der Waals surface area contributed by atoms with Crippen molar-refractivity contribution in [1.82, 2.24) is 9.88 Å². The topological polar surface area (TPSA) is 71.6 Å². The Morgan fingerprint density at radius 2 is 1.91 bits per heavy atom. The second-order valence-corrected chi connectivity index (χ2v) is 9.43. The number of aryl methyl sites for hydroxylation is 1. The van der Waals surface area contributed by atoms with Crippen LogP contribution in [0.25, 0.3) is 11.3 Å². The predicted octanol–water partition coefficient (Wildman–Crippen LogP) is 5.15. The van der Waals surface area contributed by atoms with Crippen LogP contribution in [0.2, 0.25) is 0 Å². The lowest BCUT2D eigenvalue weighted by atomic mass is 9.76. The average molecular weight is 459 g/mol. The molecule has 6 heteroatoms. The van der Waals surface area contributed by atoms with Crippen LogP contribution in [0.5, 0.6) is 0 Å². The zero-order valence-corrected chi connectivity index (χ0v) is 20.1. The molecule has 0 bridgehead atoms. The van der Waals surface area contributed by atoms with E-state index >= 15 is 0 Å². The molecule has 0 saturated heterocycles. The minimum Gasteiger partial charge on any atom is -0.370 e. The van der Waals surface area contributed by atoms with Crippen molar-refractivity contribution in [2.45, 2.75) is 44.1 Å². The fourth-order valence-electron chi connectivity index (χ4n) is 4.32. The summed E-state index contributed by atoms with van der Waals surface area (Å²) in [6.45, 7) is 3.62. The molecule has 0 aliphatic heterocycles. The summed E-state index contributed by atoms with van der Waals surface area (Å²) in [4.78, 5) is 23.5. The summed E-state index contributed by atoms with van der Waals surface area (Å²) in [5.74, 6) is 0.0122. The second kappa shape index (κ2) is 9.37. The number of aldehydes is 1. The molecular weight excluding hydrogens is 427 g/mol. The highest BCUT2D eigenvalue weighted by Gasteiger charge is 2.38. The summed E-state index contributed by atoms with van der Waals surface area (Å²) in [7, 11) is 3.61. The summed E-state index contributed by atoms with van der Waals surface area (Å²) in [6, 6.07) is 17.1. The highest BCUT2D eigenvalue weighted by atomic mass is 19.1. The molecule has 0 radical (unpaired) electrons. The number of halogens is 1. The first-order valence-corrected chi connectivity index (χ1v) is 11.5. The zero-order chi connectivity index (χ0) is 24.5. The van der Waals surface area contributed by atoms with Crippen LogP contribution < -0.4 is 5.73 Å². The third-order valence-electron chi connectivity index (χ3n) is 6.70. The Morgan fingerprint density at radius 1 is 1.21 bits per heavy atom. The van der Waals surface area contributed by atoms with E-state index in [-0.39, 0.29) is 5.82 Å². The molecule has 1 aromatic heterocycles. The molecule has 1 saturated carbocycles. The van der Waals surface area contributed by atoms with Crippen molar-refractivity contribution < 1.29 is 9.18 Å². The number of aromatic nitrogens is 1. The van der Waals surface area contributed by atoms with Gasteiger partial charge in [0.25, 0.3) is 0 Å². The van der Waals surface area contributed by atoms with Gasteiger partial charge in [-0.15, -0.1) is 0 Å². The Balaban J connectivity index is 1.84. The number of aliphatic imine (C=N–C) groups is 1. The number of carbonyl (C=O) groups is 1. The van der Waals surface area contributed by atoms with Gasteiger partial charge in [-0.05, 0) is 73.1 Å². The molecule has 176 valence electrons. The van der Waals surface area contributed by atoms with Crippen molar-refractivity contribution in [2.75, 3.05) is 14.1 Å². The largest absolute Gasteiger partial charge is 0.370 e. The van der Waals surface area contributed by atoms with Gasteiger partial charge in [0.1, 0.15) is 17.6 Å². The van der Waals surface area contributed by atoms with Crippen LogP contribution in [0.15, 0.2) is 65.8 Å². The zero-order valence-electron chi connectivity index (χ0n) is 20.1. The number of nitrogens with two attached hydrogens (primary N) is 1. The number of rotatable bonds is 7. The van der Waals surface area contributed by atoms with Crippen molar-refractivity contribution in [1.29, 1.82) is 0 Å². The van der Waals surface area contributed by atoms with E-state index in [0.29, 0.717) is 28.7 Å². The molecule has 1 aliphatic carbocycles. The van der Waals surface area contributed by atoms with Gasteiger partial charge in [-0.1, -0.05) is 36.4 Å². The molecule has 2 atom stereocenters. The molecule has 5 nitrogen and oxygen atoms in total. The van der Waals surface area contributed by atoms with E-state index in [1.54, 1.807) is 56.4 Å². The summed E-state index contributed by atoms with van der Waals surface area (Å²) < 4.78 is 14.9. The molecule has 34 heavy (non-hydrogen) atoms. The smallest absolute Gasteiger partial charge is 0.191 e. The van der Waals surface area contributed by atoms with Crippen LogP contribution in [0.4, 0.5) is 4.39 Å². The maximum Gasteiger partial charge on any atom is 0.191 e. The lowest BCUT2D eigenvalue weighted by Crippen LogP contribution is -2.38. The molecule has 0 amide bonds. The first-order chi connectivity index (χ1) is 16.2. The number of nitrogens with zero attached hydrogens (tertiary/aromatic N) is 3. The Labute approximate surface area is 200 Å². The molecule has 2 unspecified atom stereocenters. The van der Waals surface area contributed by atoms with Crippen molar-refractivity contribution in [3.8, 4) is 11.3 Å². The number of benzene rings is 2. The van der Waals surface area contributed by atoms with Gasteiger partial charge in [0.05, 0.1) is 11.6 Å². The van der Waals surface area contributed by atoms with Gasteiger partial charge in [0, 0.05) is 25.9 Å². The van der Waals surface area contributed by atoms with Crippen molar-refractivity contribution in [3.05, 3.63) is 88.9 Å². The Morgan fingerprint density at radius 3 is 2.53 bits per heavy atom. The number of carbonyl (C=O) groups excluding carboxylic acids is 1. The predicted molar refractivity (Wildman–Crippen MR) is 134 cm³/mol. The Bertz CT molecular complexity index is 1220. The van der Waals surface area contributed by atoms with Crippen molar-refractivity contribution in [3.63, 3.8) is 0 Å². The minimum atomic E-state index is -1.03. The van der Waals surface area contributed by atoms with Crippen LogP contribution in [0.3, 0.4) is 0 Å². The fraction of sp³-hybridized carbons (Fsp3) is 0.321. The maximum atomic E-state index is 14.9. The molecule has 1 aliphatic rings. The standard InChI is InChI=1S/C28H31FN4O/c1-18-6-5-7-23(26(18)29)25-16-22(14-15-31-25)28(2,32-27(30)33(3)4)24(17-34)21-12-10-20(11-13-21)19-8-9-19/h5-7,10-17,19,24H,8-9H2,1-4H3,(H2,30,32). The highest BCUT2D eigenvalue weighted by Crippen LogP contribution is 2.43. The SMILES string of the molecule is Cc1cccc(-c2cc(C(C)(N=C(N)N(C)C)C(C=O)c3ccc(C4CC4)cc3)ccn2)c1F. The maximum absolute atomic E-state index is 14.9. The number of pyridine rings is 1. The van der Waals surface area contributed by atoms with Gasteiger partial charge in [-0.2, -0.15) is 0 Å². The highest BCUT2D eigenvalue weighted by molar-refractivity contribution is 5.79. The molecule has 1 heterocycles. The van der Waals surface area contributed by atoms with Crippen LogP contribution in [-0.2, 0) is 10.3 Å². The normalized spacial score (nSPS) is 16.6. The van der Waals surface area contributed by atoms with Crippen molar-refractivity contribution >= 4 is 12.2 Å². The third-order valence-corrected chi connectivity index (χ3v) is 6.70. The lowest BCUT2D eigenvalue weighted by Gasteiger charge is -2.33. The lowest BCUT2D eigenvalue weighted by molar-refractivity contribution is -0.110. The summed E-state index contributed by atoms with van der Waals surface area (Å²) in [5, 5.41) is 0. The van der Waals surface area contributed by atoms with Gasteiger partial charge in [0.2, 0.25) is 0 Å². The van der Waals surface area contributed by atoms with E-state index in [1.807, 2.05) is 25.1 Å². The van der Waals surface area contributed by atoms with Crippen molar-refractivity contribution in [2.24, 2.45) is 10.7 Å². The van der Waals surface area contributed by atoms with E-state index in [0.717, 1.165) is 17.4 Å². The number of hydrogen-bond donors (Lipinski definition) is 1. The van der Waals surface area contributed by atoms with E-state index in [1.165, 1.54) is 18.4 Å². The van der Waals surface area contributed by atoms with E-state index < -0.39 is 11.5 Å². The van der Waals surface area contributed by atoms with Gasteiger partial charge in [-0.25, -0.2) is 9.38 Å². The monoisotopic (exact) mass is 458 g/mol. The third kappa shape index (κ3) is 4.58. The fourth-order valence-corrected chi connectivity index (χ4v) is 4.32. The van der Waals surface area contributed by atoms with Gasteiger partial charge >= 0.3 is 0 Å². The van der Waals surface area contributed by atoms with Gasteiger partial charge < -0.3 is 15.4 Å².